The van der Waals surface area contributed by atoms with E-state index in [1.165, 1.54) is 60.7 Å². The van der Waals surface area contributed by atoms with Gasteiger partial charge in [0.1, 0.15) is 11.6 Å². The maximum atomic E-state index is 13.7. The zero-order valence-electron chi connectivity index (χ0n) is 24.0. The average Bonchev–Trinajstić information content (AvgIpc) is 3.04. The highest BCUT2D eigenvalue weighted by molar-refractivity contribution is 6.34. The Kier molecular flexibility index (Phi) is 9.21. The molecule has 4 N–H and O–H groups in total. The van der Waals surface area contributed by atoms with Gasteiger partial charge in [-0.1, -0.05) is 41.4 Å². The zero-order chi connectivity index (χ0) is 33.1. The van der Waals surface area contributed by atoms with E-state index < -0.39 is 34.6 Å². The van der Waals surface area contributed by atoms with Crippen LogP contribution in [0.5, 0.6) is 0 Å². The summed E-state index contributed by atoms with van der Waals surface area (Å²) >= 11 is 11.8. The van der Waals surface area contributed by atoms with Gasteiger partial charge in [0, 0.05) is 21.9 Å². The molecule has 0 atom stereocenters. The van der Waals surface area contributed by atoms with Gasteiger partial charge in [-0.2, -0.15) is 10.2 Å². The zero-order valence-corrected chi connectivity index (χ0v) is 25.5. The van der Waals surface area contributed by atoms with E-state index in [2.05, 4.69) is 31.0 Å². The van der Waals surface area contributed by atoms with Crippen molar-refractivity contribution < 1.29 is 18.4 Å². The summed E-state index contributed by atoms with van der Waals surface area (Å²) in [4.78, 5) is 48.0. The summed E-state index contributed by atoms with van der Waals surface area (Å²) in [5.74, 6) is -2.09. The van der Waals surface area contributed by atoms with E-state index in [9.17, 15) is 28.0 Å². The Balaban J connectivity index is 0.000000181. The molecule has 0 saturated carbocycles. The number of hydrogen-bond acceptors (Lipinski definition) is 6. The first-order valence-corrected chi connectivity index (χ1v) is 14.2. The van der Waals surface area contributed by atoms with E-state index in [0.717, 1.165) is 11.1 Å². The van der Waals surface area contributed by atoms with Crippen molar-refractivity contribution in [1.29, 1.82) is 0 Å². The number of aryl methyl sites for hydroxylation is 2. The second-order valence-corrected chi connectivity index (χ2v) is 10.8. The molecule has 0 aliphatic heterocycles. The smallest absolute Gasteiger partial charge is 0.272 e. The fourth-order valence-corrected chi connectivity index (χ4v) is 4.81. The third kappa shape index (κ3) is 6.93. The predicted molar refractivity (Wildman–Crippen MR) is 173 cm³/mol. The molecule has 0 aliphatic rings. The lowest BCUT2D eigenvalue weighted by Gasteiger charge is -2.08. The van der Waals surface area contributed by atoms with Gasteiger partial charge in [0.2, 0.25) is 0 Å². The van der Waals surface area contributed by atoms with Crippen molar-refractivity contribution in [2.75, 3.05) is 10.6 Å². The van der Waals surface area contributed by atoms with E-state index in [4.69, 9.17) is 23.2 Å². The number of fused-ring (bicyclic) bond motifs is 2. The van der Waals surface area contributed by atoms with Crippen LogP contribution in [-0.2, 0) is 0 Å². The van der Waals surface area contributed by atoms with Crippen molar-refractivity contribution in [3.8, 4) is 0 Å². The average molecular weight is 663 g/mol. The summed E-state index contributed by atoms with van der Waals surface area (Å²) in [5.41, 5.74) is 1.40. The molecule has 14 heteroatoms. The van der Waals surface area contributed by atoms with Gasteiger partial charge in [0.25, 0.3) is 22.9 Å². The number of carbonyl (C=O) groups is 2. The quantitative estimate of drug-likeness (QED) is 0.168. The maximum Gasteiger partial charge on any atom is 0.272 e. The molecule has 6 rings (SSSR count). The fraction of sp³-hybridized carbons (Fsp3) is 0.0625. The van der Waals surface area contributed by atoms with Gasteiger partial charge in [-0.25, -0.2) is 19.0 Å². The number of rotatable bonds is 4. The number of carbonyl (C=O) groups excluding carboxylic acids is 2. The van der Waals surface area contributed by atoms with Gasteiger partial charge in [-0.15, -0.1) is 0 Å². The number of H-pyrrole nitrogens is 2. The Morgan fingerprint density at radius 1 is 0.609 bits per heavy atom. The van der Waals surface area contributed by atoms with Crippen molar-refractivity contribution in [2.45, 2.75) is 13.8 Å². The van der Waals surface area contributed by atoms with Crippen LogP contribution < -0.4 is 21.8 Å². The Hall–Kier alpha value is -5.46. The normalized spacial score (nSPS) is 10.7. The Morgan fingerprint density at radius 3 is 1.57 bits per heavy atom. The van der Waals surface area contributed by atoms with Gasteiger partial charge in [-0.05, 0) is 79.6 Å². The highest BCUT2D eigenvalue weighted by Crippen LogP contribution is 2.23. The van der Waals surface area contributed by atoms with Crippen LogP contribution in [0.1, 0.15) is 31.8 Å². The van der Waals surface area contributed by atoms with Gasteiger partial charge in [-0.3, -0.25) is 19.2 Å². The number of nitrogens with one attached hydrogen (secondary N) is 4. The van der Waals surface area contributed by atoms with E-state index in [1.807, 2.05) is 0 Å². The molecule has 0 radical (unpaired) electrons. The molecule has 0 spiro atoms. The number of nitrogens with zero attached hydrogens (tertiary/aromatic N) is 2. The van der Waals surface area contributed by atoms with Crippen molar-refractivity contribution >= 4 is 67.9 Å². The molecule has 0 unspecified atom stereocenters. The van der Waals surface area contributed by atoms with Crippen molar-refractivity contribution in [3.05, 3.63) is 138 Å². The lowest BCUT2D eigenvalue weighted by Crippen LogP contribution is -2.15. The summed E-state index contributed by atoms with van der Waals surface area (Å²) < 4.78 is 27.4. The summed E-state index contributed by atoms with van der Waals surface area (Å²) in [6.07, 6.45) is 0. The molecule has 0 fully saturated rings. The topological polar surface area (TPSA) is 150 Å². The first-order chi connectivity index (χ1) is 21.9. The van der Waals surface area contributed by atoms with Crippen LogP contribution in [0.15, 0.2) is 82.4 Å². The van der Waals surface area contributed by atoms with Crippen molar-refractivity contribution in [3.63, 3.8) is 0 Å². The number of hydrogen-bond donors (Lipinski definition) is 4. The number of anilines is 2. The largest absolute Gasteiger partial charge is 0.319 e. The molecule has 46 heavy (non-hydrogen) atoms. The highest BCUT2D eigenvalue weighted by Gasteiger charge is 2.14. The molecule has 4 aromatic carbocycles. The molecule has 2 aromatic heterocycles. The number of benzene rings is 4. The molecule has 2 heterocycles. The highest BCUT2D eigenvalue weighted by atomic mass is 35.5. The lowest BCUT2D eigenvalue weighted by atomic mass is 10.1. The predicted octanol–water partition coefficient (Wildman–Crippen LogP) is 6.55. The van der Waals surface area contributed by atoms with Crippen LogP contribution in [0.3, 0.4) is 0 Å². The van der Waals surface area contributed by atoms with Crippen molar-refractivity contribution in [1.82, 2.24) is 20.4 Å². The molecular weight excluding hydrogens is 641 g/mol. The summed E-state index contributed by atoms with van der Waals surface area (Å²) in [7, 11) is 0. The summed E-state index contributed by atoms with van der Waals surface area (Å²) in [6, 6.07) is 17.7. The summed E-state index contributed by atoms with van der Waals surface area (Å²) in [5, 5.41) is 18.4. The third-order valence-electron chi connectivity index (χ3n) is 6.75. The molecule has 10 nitrogen and oxygen atoms in total. The van der Waals surface area contributed by atoms with E-state index in [-0.39, 0.29) is 38.2 Å². The minimum absolute atomic E-state index is 0.0796. The minimum atomic E-state index is -0.533. The molecule has 6 aromatic rings. The second kappa shape index (κ2) is 13.3. The molecule has 0 saturated heterocycles. The van der Waals surface area contributed by atoms with Gasteiger partial charge >= 0.3 is 0 Å². The van der Waals surface area contributed by atoms with Crippen LogP contribution in [0.4, 0.5) is 20.2 Å². The van der Waals surface area contributed by atoms with E-state index in [1.54, 1.807) is 26.0 Å². The number of aromatic nitrogens is 4. The fourth-order valence-electron chi connectivity index (χ4n) is 4.41. The van der Waals surface area contributed by atoms with Crippen LogP contribution in [-0.4, -0.2) is 32.2 Å². The van der Waals surface area contributed by atoms with Crippen LogP contribution in [0.2, 0.25) is 10.3 Å². The molecular formula is C32H22Cl2F2N6O4. The summed E-state index contributed by atoms with van der Waals surface area (Å²) in [6.45, 7) is 3.59. The molecule has 0 aliphatic carbocycles. The maximum absolute atomic E-state index is 13.7. The Bertz CT molecular complexity index is 2290. The molecule has 0 bridgehead atoms. The van der Waals surface area contributed by atoms with E-state index >= 15 is 0 Å². The van der Waals surface area contributed by atoms with Crippen LogP contribution in [0.25, 0.3) is 21.5 Å². The first-order valence-electron chi connectivity index (χ1n) is 13.4. The molecule has 2 amide bonds. The van der Waals surface area contributed by atoms with Crippen LogP contribution >= 0.6 is 23.2 Å². The number of amides is 2. The first kappa shape index (κ1) is 31.9. The number of aromatic amines is 2. The minimum Gasteiger partial charge on any atom is -0.319 e. The van der Waals surface area contributed by atoms with Gasteiger partial charge < -0.3 is 10.6 Å². The monoisotopic (exact) mass is 662 g/mol. The van der Waals surface area contributed by atoms with Gasteiger partial charge in [0.15, 0.2) is 10.3 Å². The van der Waals surface area contributed by atoms with Crippen molar-refractivity contribution in [2.24, 2.45) is 0 Å². The molecule has 232 valence electrons. The number of halogens is 4. The third-order valence-corrected chi connectivity index (χ3v) is 7.32. The SMILES string of the molecule is Cc1ccc(F)c(NC(=O)c2ccc3c(=O)[nH]nc(Cl)c3c2)c1.Cc1ccc(F)c(NC(=O)c2ccc3c(Cl)n[nH]c(=O)c3c2)c1. The lowest BCUT2D eigenvalue weighted by molar-refractivity contribution is 0.101. The standard InChI is InChI=1S/2C16H11ClFN3O2/c1-8-2-5-12(18)13(6-8)19-15(22)9-3-4-10-11(7-9)14(17)20-21-16(10)23;1-8-2-5-12(18)13(6-8)19-15(22)9-3-4-10-11(7-9)16(23)21-20-14(10)17/h2*2-7H,1H3,(H,19,22)(H,21,23). The van der Waals surface area contributed by atoms with Crippen LogP contribution in [0, 0.1) is 25.5 Å². The second-order valence-electron chi connectivity index (χ2n) is 10.1. The Labute approximate surface area is 268 Å². The van der Waals surface area contributed by atoms with E-state index in [0.29, 0.717) is 16.2 Å². The van der Waals surface area contributed by atoms with Gasteiger partial charge in [0.05, 0.1) is 22.1 Å². The Morgan fingerprint density at radius 2 is 1.04 bits per heavy atom.